The van der Waals surface area contributed by atoms with Crippen molar-refractivity contribution in [3.63, 3.8) is 0 Å². The van der Waals surface area contributed by atoms with Crippen molar-refractivity contribution in [1.29, 1.82) is 0 Å². The second-order valence-corrected chi connectivity index (χ2v) is 5.07. The number of hydrogen-bond donors (Lipinski definition) is 2. The van der Waals surface area contributed by atoms with Crippen molar-refractivity contribution in [2.45, 2.75) is 20.8 Å². The highest BCUT2D eigenvalue weighted by Gasteiger charge is 2.26. The van der Waals surface area contributed by atoms with Crippen molar-refractivity contribution in [1.82, 2.24) is 5.32 Å². The van der Waals surface area contributed by atoms with Crippen LogP contribution in [0.15, 0.2) is 18.2 Å². The molecular weight excluding hydrogens is 246 g/mol. The van der Waals surface area contributed by atoms with Crippen LogP contribution in [0.4, 0.5) is 11.4 Å². The molecule has 1 rings (SSSR count). The highest BCUT2D eigenvalue weighted by molar-refractivity contribution is 5.82. The molecule has 1 amide bonds. The van der Waals surface area contributed by atoms with Crippen LogP contribution in [0.3, 0.4) is 0 Å². The largest absolute Gasteiger partial charge is 0.384 e. The molecule has 0 fully saturated rings. The first kappa shape index (κ1) is 14.9. The molecule has 6 heteroatoms. The second-order valence-electron chi connectivity index (χ2n) is 5.07. The Morgan fingerprint density at radius 1 is 1.42 bits per heavy atom. The lowest BCUT2D eigenvalue weighted by Crippen LogP contribution is -2.39. The molecular formula is C13H19N3O3. The third-order valence-electron chi connectivity index (χ3n) is 2.98. The molecule has 1 aromatic carbocycles. The predicted octanol–water partition coefficient (Wildman–Crippen LogP) is 2.09. The molecule has 0 spiro atoms. The lowest BCUT2D eigenvalue weighted by molar-refractivity contribution is -0.384. The fourth-order valence-corrected chi connectivity index (χ4v) is 1.69. The molecule has 0 aliphatic carbocycles. The third-order valence-corrected chi connectivity index (χ3v) is 2.98. The van der Waals surface area contributed by atoms with Crippen LogP contribution in [0.2, 0.25) is 0 Å². The van der Waals surface area contributed by atoms with Gasteiger partial charge in [-0.2, -0.15) is 0 Å². The number of non-ortho nitro benzene ring substituents is 1. The molecule has 104 valence electrons. The molecule has 19 heavy (non-hydrogen) atoms. The molecule has 0 atom stereocenters. The molecule has 0 heterocycles. The van der Waals surface area contributed by atoms with Crippen molar-refractivity contribution in [2.75, 3.05) is 18.9 Å². The number of hydrogen-bond acceptors (Lipinski definition) is 4. The van der Waals surface area contributed by atoms with Gasteiger partial charge in [0.15, 0.2) is 0 Å². The molecule has 0 unspecified atom stereocenters. The number of nitrogens with zero attached hydrogens (tertiary/aromatic N) is 1. The van der Waals surface area contributed by atoms with E-state index in [1.165, 1.54) is 12.1 Å². The van der Waals surface area contributed by atoms with Gasteiger partial charge < -0.3 is 10.6 Å². The molecule has 0 aromatic heterocycles. The highest BCUT2D eigenvalue weighted by atomic mass is 16.6. The Hall–Kier alpha value is -2.11. The van der Waals surface area contributed by atoms with Gasteiger partial charge in [0, 0.05) is 31.4 Å². The first-order valence-corrected chi connectivity index (χ1v) is 5.99. The number of nitrogens with one attached hydrogen (secondary N) is 2. The summed E-state index contributed by atoms with van der Waals surface area (Å²) in [5, 5.41) is 16.4. The summed E-state index contributed by atoms with van der Waals surface area (Å²) >= 11 is 0. The summed E-state index contributed by atoms with van der Waals surface area (Å²) in [5.74, 6) is -0.0560. The maximum absolute atomic E-state index is 11.6. The van der Waals surface area contributed by atoms with E-state index in [9.17, 15) is 14.9 Å². The number of amides is 1. The van der Waals surface area contributed by atoms with Crippen LogP contribution >= 0.6 is 0 Å². The van der Waals surface area contributed by atoms with Crippen LogP contribution in [0, 0.1) is 22.5 Å². The maximum Gasteiger partial charge on any atom is 0.269 e. The number of carbonyl (C=O) groups excluding carboxylic acids is 1. The number of benzene rings is 1. The number of nitro benzene ring substituents is 1. The van der Waals surface area contributed by atoms with E-state index in [-0.39, 0.29) is 11.6 Å². The van der Waals surface area contributed by atoms with Gasteiger partial charge in [-0.25, -0.2) is 0 Å². The SMILES string of the molecule is CNC(=O)C(C)(C)CNc1ccc([N+](=O)[O-])cc1C. The van der Waals surface area contributed by atoms with E-state index in [1.54, 1.807) is 20.0 Å². The quantitative estimate of drug-likeness (QED) is 0.630. The number of nitro groups is 1. The van der Waals surface area contributed by atoms with E-state index in [0.717, 1.165) is 11.3 Å². The van der Waals surface area contributed by atoms with Crippen molar-refractivity contribution in [2.24, 2.45) is 5.41 Å². The molecule has 0 aliphatic rings. The van der Waals surface area contributed by atoms with E-state index in [0.29, 0.717) is 6.54 Å². The van der Waals surface area contributed by atoms with Crippen LogP contribution in [-0.4, -0.2) is 24.4 Å². The highest BCUT2D eigenvalue weighted by Crippen LogP contribution is 2.23. The Balaban J connectivity index is 2.79. The summed E-state index contributed by atoms with van der Waals surface area (Å²) < 4.78 is 0. The van der Waals surface area contributed by atoms with Gasteiger partial charge in [-0.3, -0.25) is 14.9 Å². The topological polar surface area (TPSA) is 84.3 Å². The van der Waals surface area contributed by atoms with E-state index < -0.39 is 10.3 Å². The number of aryl methyl sites for hydroxylation is 1. The molecule has 6 nitrogen and oxygen atoms in total. The van der Waals surface area contributed by atoms with Gasteiger partial charge in [0.05, 0.1) is 10.3 Å². The van der Waals surface area contributed by atoms with Crippen molar-refractivity contribution in [3.8, 4) is 0 Å². The standard InChI is InChI=1S/C13H19N3O3/c1-9-7-10(16(18)19)5-6-11(9)15-8-13(2,3)12(17)14-4/h5-7,15H,8H2,1-4H3,(H,14,17). The normalized spacial score (nSPS) is 10.9. The van der Waals surface area contributed by atoms with Gasteiger partial charge in [0.1, 0.15) is 0 Å². The molecule has 0 bridgehead atoms. The van der Waals surface area contributed by atoms with Crippen LogP contribution in [0.25, 0.3) is 0 Å². The molecule has 0 radical (unpaired) electrons. The van der Waals surface area contributed by atoms with Gasteiger partial charge in [0.2, 0.25) is 5.91 Å². The Morgan fingerprint density at radius 3 is 2.53 bits per heavy atom. The Morgan fingerprint density at radius 2 is 2.05 bits per heavy atom. The molecule has 0 saturated heterocycles. The maximum atomic E-state index is 11.6. The van der Waals surface area contributed by atoms with Gasteiger partial charge in [-0.05, 0) is 32.4 Å². The summed E-state index contributed by atoms with van der Waals surface area (Å²) in [6, 6.07) is 4.62. The van der Waals surface area contributed by atoms with Crippen LogP contribution in [0.1, 0.15) is 19.4 Å². The fourth-order valence-electron chi connectivity index (χ4n) is 1.69. The molecule has 0 saturated carbocycles. The van der Waals surface area contributed by atoms with Crippen LogP contribution < -0.4 is 10.6 Å². The fraction of sp³-hybridized carbons (Fsp3) is 0.462. The van der Waals surface area contributed by atoms with Crippen LogP contribution in [0.5, 0.6) is 0 Å². The monoisotopic (exact) mass is 265 g/mol. The predicted molar refractivity (Wildman–Crippen MR) is 74.2 cm³/mol. The number of carbonyl (C=O) groups is 1. The zero-order chi connectivity index (χ0) is 14.6. The summed E-state index contributed by atoms with van der Waals surface area (Å²) in [5.41, 5.74) is 1.08. The summed E-state index contributed by atoms with van der Waals surface area (Å²) in [4.78, 5) is 21.9. The van der Waals surface area contributed by atoms with E-state index in [1.807, 2.05) is 13.8 Å². The average Bonchev–Trinajstić information content (AvgIpc) is 2.36. The van der Waals surface area contributed by atoms with Gasteiger partial charge in [0.25, 0.3) is 5.69 Å². The first-order valence-electron chi connectivity index (χ1n) is 5.99. The smallest absolute Gasteiger partial charge is 0.269 e. The Kier molecular flexibility index (Phi) is 4.47. The minimum absolute atomic E-state index is 0.0560. The summed E-state index contributed by atoms with van der Waals surface area (Å²) in [7, 11) is 1.60. The van der Waals surface area contributed by atoms with E-state index in [2.05, 4.69) is 10.6 Å². The lowest BCUT2D eigenvalue weighted by Gasteiger charge is -2.24. The molecule has 1 aromatic rings. The van der Waals surface area contributed by atoms with Gasteiger partial charge >= 0.3 is 0 Å². The Labute approximate surface area is 112 Å². The summed E-state index contributed by atoms with van der Waals surface area (Å²) in [6.07, 6.45) is 0. The minimum Gasteiger partial charge on any atom is -0.384 e. The van der Waals surface area contributed by atoms with Crippen molar-refractivity contribution >= 4 is 17.3 Å². The van der Waals surface area contributed by atoms with Crippen molar-refractivity contribution in [3.05, 3.63) is 33.9 Å². The van der Waals surface area contributed by atoms with Gasteiger partial charge in [-0.1, -0.05) is 0 Å². The van der Waals surface area contributed by atoms with E-state index >= 15 is 0 Å². The molecule has 2 N–H and O–H groups in total. The van der Waals surface area contributed by atoms with Crippen molar-refractivity contribution < 1.29 is 9.72 Å². The minimum atomic E-state index is -0.553. The summed E-state index contributed by atoms with van der Waals surface area (Å²) in [6.45, 7) is 5.91. The van der Waals surface area contributed by atoms with E-state index in [4.69, 9.17) is 0 Å². The van der Waals surface area contributed by atoms with Gasteiger partial charge in [-0.15, -0.1) is 0 Å². The first-order chi connectivity index (χ1) is 8.77. The zero-order valence-electron chi connectivity index (χ0n) is 11.6. The third kappa shape index (κ3) is 3.67. The van der Waals surface area contributed by atoms with Crippen LogP contribution in [-0.2, 0) is 4.79 Å². The number of anilines is 1. The average molecular weight is 265 g/mol. The Bertz CT molecular complexity index is 498. The lowest BCUT2D eigenvalue weighted by atomic mass is 9.92. The number of rotatable bonds is 5. The zero-order valence-corrected chi connectivity index (χ0v) is 11.6. The second kappa shape index (κ2) is 5.69. The molecule has 0 aliphatic heterocycles.